The largest absolute Gasteiger partial charge is 0.457 e. The van der Waals surface area contributed by atoms with Crippen molar-refractivity contribution in [3.63, 3.8) is 0 Å². The van der Waals surface area contributed by atoms with Gasteiger partial charge >= 0.3 is 0 Å². The van der Waals surface area contributed by atoms with Gasteiger partial charge < -0.3 is 9.73 Å². The van der Waals surface area contributed by atoms with Crippen LogP contribution in [0.2, 0.25) is 5.02 Å². The second-order valence-corrected chi connectivity index (χ2v) is 6.87. The van der Waals surface area contributed by atoms with E-state index in [9.17, 15) is 0 Å². The molecule has 1 unspecified atom stereocenters. The van der Waals surface area contributed by atoms with Crippen molar-refractivity contribution in [2.24, 2.45) is 0 Å². The van der Waals surface area contributed by atoms with Crippen LogP contribution in [0.4, 0.5) is 0 Å². The fourth-order valence-corrected chi connectivity index (χ4v) is 3.87. The minimum Gasteiger partial charge on any atom is -0.457 e. The van der Waals surface area contributed by atoms with Crippen molar-refractivity contribution < 1.29 is 4.42 Å². The Hall–Kier alpha value is -0.810. The van der Waals surface area contributed by atoms with E-state index in [1.165, 1.54) is 0 Å². The zero-order chi connectivity index (χ0) is 15.0. The number of furan rings is 1. The molecule has 1 atom stereocenters. The average Bonchev–Trinajstić information content (AvgIpc) is 2.87. The zero-order valence-corrected chi connectivity index (χ0v) is 15.1. The highest BCUT2D eigenvalue weighted by Crippen LogP contribution is 2.35. The summed E-state index contributed by atoms with van der Waals surface area (Å²) in [5.74, 6) is 0.837. The highest BCUT2D eigenvalue weighted by atomic mass is 79.9. The molecule has 3 aromatic rings. The highest BCUT2D eigenvalue weighted by molar-refractivity contribution is 9.11. The molecular formula is C16H12Br2ClNO. The van der Waals surface area contributed by atoms with Crippen molar-refractivity contribution in [1.82, 2.24) is 5.32 Å². The molecule has 2 nitrogen and oxygen atoms in total. The Morgan fingerprint density at radius 2 is 1.95 bits per heavy atom. The maximum Gasteiger partial charge on any atom is 0.152 e. The van der Waals surface area contributed by atoms with Gasteiger partial charge in [-0.2, -0.15) is 0 Å². The van der Waals surface area contributed by atoms with Gasteiger partial charge in [-0.25, -0.2) is 0 Å². The van der Waals surface area contributed by atoms with E-state index in [2.05, 4.69) is 43.2 Å². The molecule has 0 aliphatic heterocycles. The molecule has 0 aliphatic rings. The minimum absolute atomic E-state index is 0.0454. The maximum absolute atomic E-state index is 6.19. The number of benzene rings is 2. The molecule has 0 bridgehead atoms. The lowest BCUT2D eigenvalue weighted by atomic mass is 10.0. The first kappa shape index (κ1) is 15.1. The summed E-state index contributed by atoms with van der Waals surface area (Å²) in [6.45, 7) is 0. The van der Waals surface area contributed by atoms with E-state index < -0.39 is 0 Å². The van der Waals surface area contributed by atoms with Gasteiger partial charge in [-0.3, -0.25) is 0 Å². The van der Waals surface area contributed by atoms with Crippen LogP contribution in [0.3, 0.4) is 0 Å². The van der Waals surface area contributed by atoms with Crippen LogP contribution >= 0.6 is 43.5 Å². The van der Waals surface area contributed by atoms with Crippen LogP contribution in [0, 0.1) is 0 Å². The van der Waals surface area contributed by atoms with Gasteiger partial charge in [-0.1, -0.05) is 61.7 Å². The first-order valence-electron chi connectivity index (χ1n) is 6.40. The van der Waals surface area contributed by atoms with E-state index in [0.29, 0.717) is 5.02 Å². The molecule has 0 radical (unpaired) electrons. The quantitative estimate of drug-likeness (QED) is 0.559. The van der Waals surface area contributed by atoms with Crippen LogP contribution in [0.5, 0.6) is 0 Å². The molecular weight excluding hydrogens is 417 g/mol. The normalized spacial score (nSPS) is 12.8. The third-order valence-electron chi connectivity index (χ3n) is 3.36. The van der Waals surface area contributed by atoms with Gasteiger partial charge in [0.05, 0.1) is 11.1 Å². The molecule has 1 N–H and O–H groups in total. The van der Waals surface area contributed by atoms with Crippen LogP contribution in [0.1, 0.15) is 17.4 Å². The first-order chi connectivity index (χ1) is 10.1. The second-order valence-electron chi connectivity index (χ2n) is 4.69. The van der Waals surface area contributed by atoms with Crippen LogP contribution in [-0.2, 0) is 0 Å². The Bertz CT molecular complexity index is 800. The summed E-state index contributed by atoms with van der Waals surface area (Å²) in [6.07, 6.45) is 0. The number of nitrogens with one attached hydrogen (secondary N) is 1. The summed E-state index contributed by atoms with van der Waals surface area (Å²) >= 11 is 13.3. The van der Waals surface area contributed by atoms with Crippen molar-refractivity contribution in [3.8, 4) is 0 Å². The lowest BCUT2D eigenvalue weighted by Gasteiger charge is -2.16. The van der Waals surface area contributed by atoms with Crippen LogP contribution < -0.4 is 5.32 Å². The van der Waals surface area contributed by atoms with Crippen molar-refractivity contribution in [2.75, 3.05) is 7.05 Å². The standard InChI is InChI=1S/C16H12Br2ClNO/c1-20-15(11-6-5-10(17)8-12(11)18)14-7-9-3-2-4-13(19)16(9)21-14/h2-8,15,20H,1H3. The van der Waals surface area contributed by atoms with E-state index >= 15 is 0 Å². The summed E-state index contributed by atoms with van der Waals surface area (Å²) in [6, 6.07) is 13.8. The molecule has 0 saturated heterocycles. The topological polar surface area (TPSA) is 25.2 Å². The Kier molecular flexibility index (Phi) is 4.41. The number of para-hydroxylation sites is 1. The number of fused-ring (bicyclic) bond motifs is 1. The third kappa shape index (κ3) is 2.90. The lowest BCUT2D eigenvalue weighted by Crippen LogP contribution is -2.17. The van der Waals surface area contributed by atoms with Gasteiger partial charge in [0.15, 0.2) is 5.58 Å². The number of hydrogen-bond acceptors (Lipinski definition) is 2. The molecule has 21 heavy (non-hydrogen) atoms. The predicted octanol–water partition coefficient (Wildman–Crippen LogP) is 5.92. The van der Waals surface area contributed by atoms with Gasteiger partial charge in [0.2, 0.25) is 0 Å². The summed E-state index contributed by atoms with van der Waals surface area (Å²) < 4.78 is 8.01. The van der Waals surface area contributed by atoms with Crippen molar-refractivity contribution in [2.45, 2.75) is 6.04 Å². The lowest BCUT2D eigenvalue weighted by molar-refractivity contribution is 0.491. The van der Waals surface area contributed by atoms with E-state index in [4.69, 9.17) is 16.0 Å². The Morgan fingerprint density at radius 1 is 1.14 bits per heavy atom. The van der Waals surface area contributed by atoms with Crippen molar-refractivity contribution in [1.29, 1.82) is 0 Å². The minimum atomic E-state index is -0.0454. The fraction of sp³-hybridized carbons (Fsp3) is 0.125. The highest BCUT2D eigenvalue weighted by Gasteiger charge is 2.20. The zero-order valence-electron chi connectivity index (χ0n) is 11.2. The SMILES string of the molecule is CNC(c1cc2cccc(Cl)c2o1)c1ccc(Br)cc1Br. The fourth-order valence-electron chi connectivity index (χ4n) is 2.38. The molecule has 2 aromatic carbocycles. The molecule has 108 valence electrons. The van der Waals surface area contributed by atoms with Gasteiger partial charge in [-0.15, -0.1) is 0 Å². The Balaban J connectivity index is 2.11. The molecule has 1 heterocycles. The predicted molar refractivity (Wildman–Crippen MR) is 94.0 cm³/mol. The smallest absolute Gasteiger partial charge is 0.152 e. The molecule has 0 amide bonds. The van der Waals surface area contributed by atoms with E-state index in [1.807, 2.05) is 43.4 Å². The maximum atomic E-state index is 6.19. The summed E-state index contributed by atoms with van der Waals surface area (Å²) in [5, 5.41) is 4.93. The first-order valence-corrected chi connectivity index (χ1v) is 8.36. The summed E-state index contributed by atoms with van der Waals surface area (Å²) in [7, 11) is 1.91. The van der Waals surface area contributed by atoms with Gasteiger partial charge in [0.1, 0.15) is 5.76 Å². The van der Waals surface area contributed by atoms with Gasteiger partial charge in [0, 0.05) is 14.3 Å². The summed E-state index contributed by atoms with van der Waals surface area (Å²) in [4.78, 5) is 0. The van der Waals surface area contributed by atoms with Gasteiger partial charge in [-0.05, 0) is 36.9 Å². The Labute approximate surface area is 144 Å². The number of hydrogen-bond donors (Lipinski definition) is 1. The monoisotopic (exact) mass is 427 g/mol. The van der Waals surface area contributed by atoms with Crippen molar-refractivity contribution in [3.05, 3.63) is 67.8 Å². The second kappa shape index (κ2) is 6.13. The van der Waals surface area contributed by atoms with E-state index in [1.54, 1.807) is 0 Å². The van der Waals surface area contributed by atoms with E-state index in [0.717, 1.165) is 31.2 Å². The summed E-state index contributed by atoms with van der Waals surface area (Å²) in [5.41, 5.74) is 1.83. The molecule has 0 saturated carbocycles. The molecule has 0 aliphatic carbocycles. The van der Waals surface area contributed by atoms with E-state index in [-0.39, 0.29) is 6.04 Å². The molecule has 3 rings (SSSR count). The average molecular weight is 430 g/mol. The molecule has 1 aromatic heterocycles. The number of rotatable bonds is 3. The van der Waals surface area contributed by atoms with Gasteiger partial charge in [0.25, 0.3) is 0 Å². The molecule has 0 fully saturated rings. The van der Waals surface area contributed by atoms with Crippen LogP contribution in [-0.4, -0.2) is 7.05 Å². The molecule has 5 heteroatoms. The third-order valence-corrected chi connectivity index (χ3v) is 4.84. The molecule has 0 spiro atoms. The Morgan fingerprint density at radius 3 is 2.62 bits per heavy atom. The number of halogens is 3. The van der Waals surface area contributed by atoms with Crippen LogP contribution in [0.15, 0.2) is 55.8 Å². The van der Waals surface area contributed by atoms with Crippen LogP contribution in [0.25, 0.3) is 11.0 Å². The van der Waals surface area contributed by atoms with Crippen molar-refractivity contribution >= 4 is 54.4 Å².